The van der Waals surface area contributed by atoms with Crippen molar-refractivity contribution in [2.45, 2.75) is 6.61 Å². The van der Waals surface area contributed by atoms with E-state index in [4.69, 9.17) is 37.2 Å². The molecule has 4 aromatic rings. The van der Waals surface area contributed by atoms with Gasteiger partial charge in [-0.05, 0) is 36.4 Å². The third kappa shape index (κ3) is 4.79. The Bertz CT molecular complexity index is 1160. The van der Waals surface area contributed by atoms with Gasteiger partial charge in [-0.1, -0.05) is 46.6 Å². The molecule has 0 aliphatic carbocycles. The van der Waals surface area contributed by atoms with E-state index in [1.165, 1.54) is 6.20 Å². The number of pyridine rings is 1. The number of ether oxygens (including phenoxy) is 2. The minimum Gasteiger partial charge on any atom is -0.454 e. The Morgan fingerprint density at radius 1 is 1.00 bits per heavy atom. The van der Waals surface area contributed by atoms with Gasteiger partial charge in [0.25, 0.3) is 0 Å². The first-order chi connectivity index (χ1) is 14.6. The van der Waals surface area contributed by atoms with Gasteiger partial charge in [-0.25, -0.2) is 9.78 Å². The van der Waals surface area contributed by atoms with Crippen molar-refractivity contribution in [3.8, 4) is 22.9 Å². The highest BCUT2D eigenvalue weighted by Crippen LogP contribution is 2.30. The zero-order valence-corrected chi connectivity index (χ0v) is 16.9. The summed E-state index contributed by atoms with van der Waals surface area (Å²) >= 11 is 12.1. The van der Waals surface area contributed by atoms with Gasteiger partial charge in [0.1, 0.15) is 11.4 Å². The van der Waals surface area contributed by atoms with Crippen LogP contribution in [0.1, 0.15) is 16.1 Å². The molecular formula is C22H14Cl2N2O4. The number of nitrogens with zero attached hydrogens (tertiary/aromatic N) is 2. The Labute approximate surface area is 182 Å². The number of hydrogen-bond acceptors (Lipinski definition) is 6. The van der Waals surface area contributed by atoms with E-state index in [1.54, 1.807) is 36.4 Å². The third-order valence-electron chi connectivity index (χ3n) is 4.05. The van der Waals surface area contributed by atoms with Gasteiger partial charge < -0.3 is 14.0 Å². The summed E-state index contributed by atoms with van der Waals surface area (Å²) in [7, 11) is 0. The first-order valence-electron chi connectivity index (χ1n) is 8.85. The van der Waals surface area contributed by atoms with Gasteiger partial charge in [0.2, 0.25) is 5.88 Å². The maximum Gasteiger partial charge on any atom is 0.340 e. The molecule has 0 atom stereocenters. The second kappa shape index (κ2) is 8.98. The average molecular weight is 441 g/mol. The van der Waals surface area contributed by atoms with Crippen LogP contribution in [-0.4, -0.2) is 16.1 Å². The van der Waals surface area contributed by atoms with Crippen LogP contribution in [0.15, 0.2) is 77.4 Å². The van der Waals surface area contributed by atoms with Crippen LogP contribution in [0.5, 0.6) is 11.6 Å². The third-order valence-corrected chi connectivity index (χ3v) is 4.60. The summed E-state index contributed by atoms with van der Waals surface area (Å²) in [5, 5.41) is 4.93. The molecule has 6 nitrogen and oxygen atoms in total. The fraction of sp³-hybridized carbons (Fsp3) is 0.0455. The maximum atomic E-state index is 12.3. The van der Waals surface area contributed by atoms with E-state index >= 15 is 0 Å². The molecule has 2 heterocycles. The molecule has 8 heteroatoms. The van der Waals surface area contributed by atoms with Crippen LogP contribution in [0, 0.1) is 0 Å². The van der Waals surface area contributed by atoms with Crippen molar-refractivity contribution in [3.05, 3.63) is 94.3 Å². The van der Waals surface area contributed by atoms with Crippen molar-refractivity contribution in [1.82, 2.24) is 10.1 Å². The molecule has 0 saturated carbocycles. The molecule has 0 N–H and O–H groups in total. The van der Waals surface area contributed by atoms with Gasteiger partial charge in [-0.15, -0.1) is 0 Å². The van der Waals surface area contributed by atoms with E-state index in [-0.39, 0.29) is 12.2 Å². The van der Waals surface area contributed by atoms with E-state index in [0.29, 0.717) is 38.7 Å². The molecule has 30 heavy (non-hydrogen) atoms. The Morgan fingerprint density at radius 3 is 2.57 bits per heavy atom. The van der Waals surface area contributed by atoms with Gasteiger partial charge in [-0.2, -0.15) is 0 Å². The summed E-state index contributed by atoms with van der Waals surface area (Å²) < 4.78 is 16.1. The van der Waals surface area contributed by atoms with Crippen LogP contribution in [0.3, 0.4) is 0 Å². The first kappa shape index (κ1) is 19.9. The fourth-order valence-corrected chi connectivity index (χ4v) is 3.10. The van der Waals surface area contributed by atoms with Gasteiger partial charge in [0.15, 0.2) is 12.4 Å². The van der Waals surface area contributed by atoms with E-state index < -0.39 is 5.97 Å². The van der Waals surface area contributed by atoms with Gasteiger partial charge in [-0.3, -0.25) is 0 Å². The quantitative estimate of drug-likeness (QED) is 0.332. The Kier molecular flexibility index (Phi) is 5.97. The van der Waals surface area contributed by atoms with E-state index in [1.807, 2.05) is 30.3 Å². The molecule has 0 spiro atoms. The number of esters is 1. The fourth-order valence-electron chi connectivity index (χ4n) is 2.60. The second-order valence-electron chi connectivity index (χ2n) is 6.18. The summed E-state index contributed by atoms with van der Waals surface area (Å²) in [6.45, 7) is -0.0840. The summed E-state index contributed by atoms with van der Waals surface area (Å²) in [6, 6.07) is 19.1. The SMILES string of the molecule is O=C(OCc1cc(-c2ccc(Cl)cc2Cl)no1)c1ccc(Oc2ccccc2)nc1. The number of para-hydroxylation sites is 1. The molecule has 0 radical (unpaired) electrons. The van der Waals surface area contributed by atoms with Crippen LogP contribution in [0.4, 0.5) is 0 Å². The first-order valence-corrected chi connectivity index (χ1v) is 9.61. The zero-order chi connectivity index (χ0) is 20.9. The summed E-state index contributed by atoms with van der Waals surface area (Å²) in [6.07, 6.45) is 1.39. The van der Waals surface area contributed by atoms with Crippen LogP contribution < -0.4 is 4.74 Å². The highest BCUT2D eigenvalue weighted by Gasteiger charge is 2.14. The Hall–Kier alpha value is -3.35. The second-order valence-corrected chi connectivity index (χ2v) is 7.02. The van der Waals surface area contributed by atoms with E-state index in [2.05, 4.69) is 10.1 Å². The largest absolute Gasteiger partial charge is 0.454 e. The molecule has 0 unspecified atom stereocenters. The summed E-state index contributed by atoms with van der Waals surface area (Å²) in [5.41, 5.74) is 1.48. The van der Waals surface area contributed by atoms with Crippen LogP contribution in [0.2, 0.25) is 10.0 Å². The molecule has 0 saturated heterocycles. The van der Waals surface area contributed by atoms with Gasteiger partial charge in [0, 0.05) is 28.9 Å². The standard InChI is InChI=1S/C22H14Cl2N2O4/c23-15-7-8-18(19(24)10-15)20-11-17(30-26-20)13-28-22(27)14-6-9-21(25-12-14)29-16-4-2-1-3-5-16/h1-12H,13H2. The Morgan fingerprint density at radius 2 is 1.83 bits per heavy atom. The minimum atomic E-state index is -0.545. The average Bonchev–Trinajstić information content (AvgIpc) is 3.22. The molecule has 0 fully saturated rings. The van der Waals surface area contributed by atoms with Crippen molar-refractivity contribution in [2.24, 2.45) is 0 Å². The molecule has 0 aliphatic rings. The number of halogens is 2. The smallest absolute Gasteiger partial charge is 0.340 e. The molecule has 150 valence electrons. The van der Waals surface area contributed by atoms with Crippen LogP contribution in [0.25, 0.3) is 11.3 Å². The predicted octanol–water partition coefficient (Wildman–Crippen LogP) is 6.19. The molecular weight excluding hydrogens is 427 g/mol. The van der Waals surface area contributed by atoms with Crippen LogP contribution in [-0.2, 0) is 11.3 Å². The zero-order valence-electron chi connectivity index (χ0n) is 15.4. The van der Waals surface area contributed by atoms with Crippen molar-refractivity contribution < 1.29 is 18.8 Å². The summed E-state index contributed by atoms with van der Waals surface area (Å²) in [5.74, 6) is 0.859. The number of aromatic nitrogens is 2. The number of carbonyl (C=O) groups is 1. The van der Waals surface area contributed by atoms with E-state index in [0.717, 1.165) is 0 Å². The molecule has 2 aromatic heterocycles. The lowest BCUT2D eigenvalue weighted by molar-refractivity contribution is 0.0437. The number of carbonyl (C=O) groups excluding carboxylic acids is 1. The van der Waals surface area contributed by atoms with Crippen LogP contribution >= 0.6 is 23.2 Å². The topological polar surface area (TPSA) is 74.5 Å². The van der Waals surface area contributed by atoms with Crippen molar-refractivity contribution >= 4 is 29.2 Å². The lowest BCUT2D eigenvalue weighted by atomic mass is 10.1. The number of benzene rings is 2. The summed E-state index contributed by atoms with van der Waals surface area (Å²) in [4.78, 5) is 16.4. The highest BCUT2D eigenvalue weighted by molar-refractivity contribution is 6.36. The highest BCUT2D eigenvalue weighted by atomic mass is 35.5. The monoisotopic (exact) mass is 440 g/mol. The van der Waals surface area contributed by atoms with Gasteiger partial charge in [0.05, 0.1) is 10.6 Å². The lowest BCUT2D eigenvalue weighted by Gasteiger charge is -2.05. The maximum absolute atomic E-state index is 12.3. The lowest BCUT2D eigenvalue weighted by Crippen LogP contribution is -2.05. The van der Waals surface area contributed by atoms with Crippen molar-refractivity contribution in [3.63, 3.8) is 0 Å². The predicted molar refractivity (Wildman–Crippen MR) is 112 cm³/mol. The number of rotatable bonds is 6. The van der Waals surface area contributed by atoms with Crippen molar-refractivity contribution in [1.29, 1.82) is 0 Å². The molecule has 0 aliphatic heterocycles. The molecule has 2 aromatic carbocycles. The normalized spacial score (nSPS) is 10.6. The molecule has 0 bridgehead atoms. The molecule has 0 amide bonds. The van der Waals surface area contributed by atoms with E-state index in [9.17, 15) is 4.79 Å². The van der Waals surface area contributed by atoms with Gasteiger partial charge >= 0.3 is 5.97 Å². The number of hydrogen-bond donors (Lipinski definition) is 0. The Balaban J connectivity index is 1.36. The molecule has 4 rings (SSSR count). The van der Waals surface area contributed by atoms with Crippen molar-refractivity contribution in [2.75, 3.05) is 0 Å². The minimum absolute atomic E-state index is 0.0840.